The zero-order valence-electron chi connectivity index (χ0n) is 7.97. The molecule has 0 fully saturated rings. The largest absolute Gasteiger partial charge is 0.504 e. The van der Waals surface area contributed by atoms with Crippen molar-refractivity contribution in [1.82, 2.24) is 0 Å². The van der Waals surface area contributed by atoms with E-state index in [0.717, 1.165) is 10.0 Å². The van der Waals surface area contributed by atoms with Crippen LogP contribution in [0.15, 0.2) is 16.6 Å². The van der Waals surface area contributed by atoms with E-state index in [-0.39, 0.29) is 5.75 Å². The minimum atomic E-state index is 0.166. The standard InChI is InChI=1S/C10H13BrO2/c1-6(2)7-4-10(13-3)9(12)5-8(7)11/h4-6,12H,1-3H3. The minimum Gasteiger partial charge on any atom is -0.504 e. The molecule has 0 heterocycles. The highest BCUT2D eigenvalue weighted by atomic mass is 79.9. The SMILES string of the molecule is COc1cc(C(C)C)c(Br)cc1O. The number of benzene rings is 1. The van der Waals surface area contributed by atoms with Gasteiger partial charge in [0.25, 0.3) is 0 Å². The molecule has 1 aromatic rings. The van der Waals surface area contributed by atoms with Crippen LogP contribution in [0.25, 0.3) is 0 Å². The van der Waals surface area contributed by atoms with Crippen LogP contribution in [0.2, 0.25) is 0 Å². The number of ether oxygens (including phenoxy) is 1. The lowest BCUT2D eigenvalue weighted by Crippen LogP contribution is -1.92. The van der Waals surface area contributed by atoms with Gasteiger partial charge in [-0.15, -0.1) is 0 Å². The molecule has 1 rings (SSSR count). The number of hydrogen-bond acceptors (Lipinski definition) is 2. The molecule has 1 N–H and O–H groups in total. The molecule has 0 aliphatic heterocycles. The van der Waals surface area contributed by atoms with Crippen LogP contribution in [0.5, 0.6) is 11.5 Å². The van der Waals surface area contributed by atoms with Crippen molar-refractivity contribution in [3.05, 3.63) is 22.2 Å². The Balaban J connectivity index is 3.22. The molecule has 0 saturated carbocycles. The Labute approximate surface area is 86.7 Å². The first-order valence-corrected chi connectivity index (χ1v) is 4.92. The van der Waals surface area contributed by atoms with E-state index in [1.54, 1.807) is 13.2 Å². The molecule has 13 heavy (non-hydrogen) atoms. The predicted octanol–water partition coefficient (Wildman–Crippen LogP) is 3.29. The van der Waals surface area contributed by atoms with Gasteiger partial charge in [-0.2, -0.15) is 0 Å². The van der Waals surface area contributed by atoms with Gasteiger partial charge in [-0.05, 0) is 23.6 Å². The van der Waals surface area contributed by atoms with Gasteiger partial charge >= 0.3 is 0 Å². The van der Waals surface area contributed by atoms with Gasteiger partial charge in [-0.1, -0.05) is 29.8 Å². The lowest BCUT2D eigenvalue weighted by atomic mass is 10.0. The summed E-state index contributed by atoms with van der Waals surface area (Å²) in [5, 5.41) is 9.44. The van der Waals surface area contributed by atoms with E-state index in [1.807, 2.05) is 6.07 Å². The van der Waals surface area contributed by atoms with Gasteiger partial charge in [0.05, 0.1) is 7.11 Å². The van der Waals surface area contributed by atoms with Gasteiger partial charge in [0.15, 0.2) is 11.5 Å². The number of aromatic hydroxyl groups is 1. The normalized spacial score (nSPS) is 10.5. The van der Waals surface area contributed by atoms with Gasteiger partial charge in [-0.3, -0.25) is 0 Å². The Bertz CT molecular complexity index is 308. The van der Waals surface area contributed by atoms with Crippen LogP contribution in [0.3, 0.4) is 0 Å². The van der Waals surface area contributed by atoms with Crippen LogP contribution < -0.4 is 4.74 Å². The summed E-state index contributed by atoms with van der Waals surface area (Å²) < 4.78 is 5.94. The van der Waals surface area contributed by atoms with Crippen LogP contribution in [-0.4, -0.2) is 12.2 Å². The van der Waals surface area contributed by atoms with E-state index in [2.05, 4.69) is 29.8 Å². The highest BCUT2D eigenvalue weighted by molar-refractivity contribution is 9.10. The second-order valence-electron chi connectivity index (χ2n) is 3.20. The minimum absolute atomic E-state index is 0.166. The lowest BCUT2D eigenvalue weighted by molar-refractivity contribution is 0.372. The number of halogens is 1. The summed E-state index contributed by atoms with van der Waals surface area (Å²) in [6, 6.07) is 3.51. The molecule has 0 atom stereocenters. The van der Waals surface area contributed by atoms with Crippen molar-refractivity contribution in [1.29, 1.82) is 0 Å². The molecule has 0 saturated heterocycles. The molecule has 0 bridgehead atoms. The molecule has 0 aliphatic rings. The maximum atomic E-state index is 9.44. The lowest BCUT2D eigenvalue weighted by Gasteiger charge is -2.11. The van der Waals surface area contributed by atoms with E-state index in [9.17, 15) is 5.11 Å². The maximum Gasteiger partial charge on any atom is 0.160 e. The first-order chi connectivity index (χ1) is 6.06. The van der Waals surface area contributed by atoms with Gasteiger partial charge in [0.2, 0.25) is 0 Å². The summed E-state index contributed by atoms with van der Waals surface area (Å²) in [5.74, 6) is 1.09. The topological polar surface area (TPSA) is 29.5 Å². The third-order valence-electron chi connectivity index (χ3n) is 1.92. The van der Waals surface area contributed by atoms with Gasteiger partial charge in [0, 0.05) is 4.47 Å². The highest BCUT2D eigenvalue weighted by Gasteiger charge is 2.10. The van der Waals surface area contributed by atoms with E-state index < -0.39 is 0 Å². The fraction of sp³-hybridized carbons (Fsp3) is 0.400. The molecular formula is C10H13BrO2. The smallest absolute Gasteiger partial charge is 0.160 e. The summed E-state index contributed by atoms with van der Waals surface area (Å²) in [6.07, 6.45) is 0. The van der Waals surface area contributed by atoms with Crippen molar-refractivity contribution in [2.24, 2.45) is 0 Å². The molecule has 0 amide bonds. The molecule has 0 unspecified atom stereocenters. The first kappa shape index (κ1) is 10.4. The van der Waals surface area contributed by atoms with Gasteiger partial charge in [-0.25, -0.2) is 0 Å². The summed E-state index contributed by atoms with van der Waals surface area (Å²) >= 11 is 3.40. The van der Waals surface area contributed by atoms with E-state index in [4.69, 9.17) is 4.74 Å². The van der Waals surface area contributed by atoms with Crippen LogP contribution in [0.1, 0.15) is 25.3 Å². The zero-order chi connectivity index (χ0) is 10.0. The van der Waals surface area contributed by atoms with Crippen molar-refractivity contribution in [3.8, 4) is 11.5 Å². The molecule has 2 nitrogen and oxygen atoms in total. The third kappa shape index (κ3) is 2.15. The summed E-state index contributed by atoms with van der Waals surface area (Å²) in [6.45, 7) is 4.19. The van der Waals surface area contributed by atoms with Crippen molar-refractivity contribution in [2.75, 3.05) is 7.11 Å². The van der Waals surface area contributed by atoms with Crippen LogP contribution in [-0.2, 0) is 0 Å². The molecular weight excluding hydrogens is 232 g/mol. The Morgan fingerprint density at radius 3 is 2.46 bits per heavy atom. The van der Waals surface area contributed by atoms with Crippen molar-refractivity contribution < 1.29 is 9.84 Å². The molecule has 0 spiro atoms. The predicted molar refractivity (Wildman–Crippen MR) is 56.4 cm³/mol. The number of phenols is 1. The van der Waals surface area contributed by atoms with E-state index in [1.165, 1.54) is 0 Å². The Kier molecular flexibility index (Phi) is 3.20. The summed E-state index contributed by atoms with van der Waals surface area (Å²) in [7, 11) is 1.55. The second-order valence-corrected chi connectivity index (χ2v) is 4.05. The molecule has 3 heteroatoms. The molecule has 0 aliphatic carbocycles. The summed E-state index contributed by atoms with van der Waals surface area (Å²) in [4.78, 5) is 0. The van der Waals surface area contributed by atoms with Crippen molar-refractivity contribution >= 4 is 15.9 Å². The van der Waals surface area contributed by atoms with Crippen LogP contribution in [0, 0.1) is 0 Å². The van der Waals surface area contributed by atoms with E-state index in [0.29, 0.717) is 11.7 Å². The Morgan fingerprint density at radius 2 is 2.00 bits per heavy atom. The molecule has 0 aromatic heterocycles. The number of rotatable bonds is 2. The maximum absolute atomic E-state index is 9.44. The third-order valence-corrected chi connectivity index (χ3v) is 2.61. The number of hydrogen-bond donors (Lipinski definition) is 1. The number of phenolic OH excluding ortho intramolecular Hbond substituents is 1. The quantitative estimate of drug-likeness (QED) is 0.866. The first-order valence-electron chi connectivity index (χ1n) is 4.12. The molecule has 1 aromatic carbocycles. The van der Waals surface area contributed by atoms with Crippen LogP contribution in [0.4, 0.5) is 0 Å². The Morgan fingerprint density at radius 1 is 1.38 bits per heavy atom. The van der Waals surface area contributed by atoms with Crippen molar-refractivity contribution in [3.63, 3.8) is 0 Å². The fourth-order valence-electron chi connectivity index (χ4n) is 1.16. The van der Waals surface area contributed by atoms with Crippen LogP contribution >= 0.6 is 15.9 Å². The zero-order valence-corrected chi connectivity index (χ0v) is 9.55. The van der Waals surface area contributed by atoms with Gasteiger partial charge in [0.1, 0.15) is 0 Å². The average molecular weight is 245 g/mol. The highest BCUT2D eigenvalue weighted by Crippen LogP contribution is 2.35. The number of methoxy groups -OCH3 is 1. The monoisotopic (exact) mass is 244 g/mol. The average Bonchev–Trinajstić information content (AvgIpc) is 2.03. The Hall–Kier alpha value is -0.700. The molecule has 0 radical (unpaired) electrons. The second kappa shape index (κ2) is 4.01. The van der Waals surface area contributed by atoms with Crippen molar-refractivity contribution in [2.45, 2.75) is 19.8 Å². The fourth-order valence-corrected chi connectivity index (χ4v) is 1.95. The van der Waals surface area contributed by atoms with E-state index >= 15 is 0 Å². The van der Waals surface area contributed by atoms with Gasteiger partial charge < -0.3 is 9.84 Å². The summed E-state index contributed by atoms with van der Waals surface area (Å²) in [5.41, 5.74) is 1.13. The molecule has 72 valence electrons.